The summed E-state index contributed by atoms with van der Waals surface area (Å²) in [5, 5.41) is 18.1. The molecule has 15 heteroatoms. The van der Waals surface area contributed by atoms with E-state index < -0.39 is 44.7 Å². The number of carboxylic acids is 1. The van der Waals surface area contributed by atoms with Gasteiger partial charge in [0, 0.05) is 43.2 Å². The van der Waals surface area contributed by atoms with E-state index in [1.165, 1.54) is 20.3 Å². The van der Waals surface area contributed by atoms with Gasteiger partial charge in [0.05, 0.1) is 45.4 Å². The molecule has 0 fully saturated rings. The van der Waals surface area contributed by atoms with Crippen molar-refractivity contribution >= 4 is 38.6 Å². The number of aliphatic carboxylic acids is 1. The van der Waals surface area contributed by atoms with E-state index in [-0.39, 0.29) is 63.6 Å². The van der Waals surface area contributed by atoms with Gasteiger partial charge in [-0.05, 0) is 26.7 Å². The number of unbranched alkanes of at least 4 members (excludes halogenated alkanes) is 1. The molecule has 0 aromatic carbocycles. The topological polar surface area (TPSA) is 200 Å². The lowest BCUT2D eigenvalue weighted by atomic mass is 10.3. The van der Waals surface area contributed by atoms with E-state index in [0.717, 1.165) is 0 Å². The number of aliphatic hydroxyl groups excluding tert-OH is 1. The second kappa shape index (κ2) is 20.6. The predicted molar refractivity (Wildman–Crippen MR) is 144 cm³/mol. The summed E-state index contributed by atoms with van der Waals surface area (Å²) in [5.41, 5.74) is 0.613. The van der Waals surface area contributed by atoms with Crippen molar-refractivity contribution in [2.24, 2.45) is 0 Å². The summed E-state index contributed by atoms with van der Waals surface area (Å²) in [6, 6.07) is 0. The van der Waals surface area contributed by atoms with Crippen LogP contribution < -0.4 is 0 Å². The van der Waals surface area contributed by atoms with Gasteiger partial charge in [0.2, 0.25) is 7.37 Å². The molecule has 0 aliphatic carbocycles. The Morgan fingerprint density at radius 3 is 1.77 bits per heavy atom. The Hall–Kier alpha value is -2.30. The van der Waals surface area contributed by atoms with Gasteiger partial charge < -0.3 is 33.8 Å². The average molecular weight is 601 g/mol. The fraction of sp³-hybridized carbons (Fsp3) is 0.667. The summed E-state index contributed by atoms with van der Waals surface area (Å²) in [6.45, 7) is 12.7. The van der Waals surface area contributed by atoms with E-state index in [4.69, 9.17) is 28.7 Å². The van der Waals surface area contributed by atoms with Crippen molar-refractivity contribution in [3.8, 4) is 0 Å². The molecule has 3 unspecified atom stereocenters. The van der Waals surface area contributed by atoms with Crippen molar-refractivity contribution in [1.82, 2.24) is 0 Å². The molecule has 0 saturated heterocycles. The van der Waals surface area contributed by atoms with E-state index in [0.29, 0.717) is 18.4 Å². The molecule has 0 rings (SSSR count). The highest BCUT2D eigenvalue weighted by atomic mass is 31.2. The average Bonchev–Trinajstić information content (AvgIpc) is 2.82. The van der Waals surface area contributed by atoms with Crippen LogP contribution in [0.3, 0.4) is 0 Å². The zero-order chi connectivity index (χ0) is 30.6. The Bertz CT molecular complexity index is 923. The standard InChI is InChI=1S/C12H21O7P.C12H21O6P/c1-9(2)12(16)18-6-4-10(13)8-19-20(3,17)7-5-11(14)15;1-10(2)12(14)18-8-5-4-7-17-11(13)6-9-19(3,15)16/h10,13H,1,4-8H2,2-3H3,(H,14,15);1,4-9H2,2-3H3,(H,15,16). The van der Waals surface area contributed by atoms with Crippen LogP contribution in [0.2, 0.25) is 0 Å². The van der Waals surface area contributed by atoms with Crippen LogP contribution in [0.25, 0.3) is 0 Å². The minimum absolute atomic E-state index is 0.000633. The largest absolute Gasteiger partial charge is 0.481 e. The molecule has 0 spiro atoms. The monoisotopic (exact) mass is 600 g/mol. The highest BCUT2D eigenvalue weighted by Crippen LogP contribution is 2.43. The first-order chi connectivity index (χ1) is 17.9. The molecule has 0 aliphatic rings. The fourth-order valence-corrected chi connectivity index (χ4v) is 3.96. The maximum atomic E-state index is 11.8. The van der Waals surface area contributed by atoms with Crippen LogP contribution in [0, 0.1) is 0 Å². The van der Waals surface area contributed by atoms with Crippen LogP contribution >= 0.6 is 14.7 Å². The Morgan fingerprint density at radius 2 is 1.31 bits per heavy atom. The molecule has 0 aromatic rings. The Labute approximate surface area is 229 Å². The number of carboxylic acid groups (broad SMARTS) is 1. The zero-order valence-corrected chi connectivity index (χ0v) is 24.9. The van der Waals surface area contributed by atoms with Crippen molar-refractivity contribution < 1.29 is 62.1 Å². The van der Waals surface area contributed by atoms with E-state index in [1.807, 2.05) is 0 Å². The first-order valence-corrected chi connectivity index (χ1v) is 16.6. The molecule has 39 heavy (non-hydrogen) atoms. The van der Waals surface area contributed by atoms with Gasteiger partial charge in [0.1, 0.15) is 0 Å². The second-order valence-corrected chi connectivity index (χ2v) is 14.2. The molecule has 0 aliphatic heterocycles. The Balaban J connectivity index is 0. The minimum Gasteiger partial charge on any atom is -0.481 e. The lowest BCUT2D eigenvalue weighted by molar-refractivity contribution is -0.144. The third-order valence-corrected chi connectivity index (χ3v) is 7.20. The molecule has 0 heterocycles. The van der Waals surface area contributed by atoms with Crippen molar-refractivity contribution in [2.45, 2.75) is 52.1 Å². The number of hydrogen-bond acceptors (Lipinski definition) is 11. The molecule has 226 valence electrons. The van der Waals surface area contributed by atoms with Gasteiger partial charge in [-0.1, -0.05) is 13.2 Å². The van der Waals surface area contributed by atoms with Crippen molar-refractivity contribution in [3.63, 3.8) is 0 Å². The quantitative estimate of drug-likeness (QED) is 0.0643. The molecular formula is C24H42O13P2. The lowest BCUT2D eigenvalue weighted by Gasteiger charge is -2.16. The summed E-state index contributed by atoms with van der Waals surface area (Å²) in [6.07, 6.45) is -0.114. The fourth-order valence-electron chi connectivity index (χ4n) is 2.15. The zero-order valence-electron chi connectivity index (χ0n) is 23.1. The van der Waals surface area contributed by atoms with Crippen LogP contribution in [-0.2, 0) is 47.0 Å². The number of aliphatic hydroxyl groups is 1. The highest BCUT2D eigenvalue weighted by molar-refractivity contribution is 7.58. The molecular weight excluding hydrogens is 558 g/mol. The van der Waals surface area contributed by atoms with E-state index in [9.17, 15) is 33.4 Å². The summed E-state index contributed by atoms with van der Waals surface area (Å²) in [7, 11) is -6.19. The molecule has 0 bridgehead atoms. The molecule has 3 atom stereocenters. The third kappa shape index (κ3) is 27.1. The highest BCUT2D eigenvalue weighted by Gasteiger charge is 2.20. The molecule has 0 radical (unpaired) electrons. The summed E-state index contributed by atoms with van der Waals surface area (Å²) in [4.78, 5) is 52.6. The van der Waals surface area contributed by atoms with Crippen molar-refractivity contribution in [1.29, 1.82) is 0 Å². The number of ether oxygens (including phenoxy) is 3. The molecule has 0 amide bonds. The van der Waals surface area contributed by atoms with Gasteiger partial charge in [0.25, 0.3) is 0 Å². The molecule has 0 aromatic heterocycles. The maximum absolute atomic E-state index is 11.8. The van der Waals surface area contributed by atoms with E-state index in [1.54, 1.807) is 6.92 Å². The van der Waals surface area contributed by atoms with E-state index >= 15 is 0 Å². The smallest absolute Gasteiger partial charge is 0.333 e. The van der Waals surface area contributed by atoms with Gasteiger partial charge >= 0.3 is 23.9 Å². The van der Waals surface area contributed by atoms with Gasteiger partial charge in [0.15, 0.2) is 7.37 Å². The molecule has 13 nitrogen and oxygen atoms in total. The number of rotatable bonds is 19. The van der Waals surface area contributed by atoms with Crippen molar-refractivity contribution in [2.75, 3.05) is 52.1 Å². The summed E-state index contributed by atoms with van der Waals surface area (Å²) in [5.74, 6) is -2.52. The second-order valence-electron chi connectivity index (χ2n) is 8.90. The first kappa shape index (κ1) is 38.8. The molecule has 3 N–H and O–H groups in total. The predicted octanol–water partition coefficient (Wildman–Crippen LogP) is 2.98. The van der Waals surface area contributed by atoms with Crippen LogP contribution in [0.15, 0.2) is 24.3 Å². The van der Waals surface area contributed by atoms with Gasteiger partial charge in [-0.15, -0.1) is 0 Å². The number of hydrogen-bond donors (Lipinski definition) is 3. The van der Waals surface area contributed by atoms with Crippen LogP contribution in [0.4, 0.5) is 0 Å². The number of carbonyl (C=O) groups excluding carboxylic acids is 3. The number of carbonyl (C=O) groups is 4. The van der Waals surface area contributed by atoms with Gasteiger partial charge in [-0.2, -0.15) is 0 Å². The first-order valence-electron chi connectivity index (χ1n) is 12.1. The van der Waals surface area contributed by atoms with Gasteiger partial charge in [-0.3, -0.25) is 18.7 Å². The van der Waals surface area contributed by atoms with Crippen LogP contribution in [-0.4, -0.2) is 97.2 Å². The third-order valence-electron chi connectivity index (χ3n) is 4.42. The SMILES string of the molecule is C=C(C)C(=O)OCCC(O)COP(C)(=O)CCC(=O)O.C=C(C)C(=O)OCCCCOC(=O)CCP(C)(=O)O. The summed E-state index contributed by atoms with van der Waals surface area (Å²) >= 11 is 0. The molecule has 0 saturated carbocycles. The normalized spacial score (nSPS) is 14.3. The lowest BCUT2D eigenvalue weighted by Crippen LogP contribution is -2.19. The van der Waals surface area contributed by atoms with Crippen molar-refractivity contribution in [3.05, 3.63) is 24.3 Å². The Kier molecular flexibility index (Phi) is 20.5. The van der Waals surface area contributed by atoms with Crippen LogP contribution in [0.1, 0.15) is 46.0 Å². The minimum atomic E-state index is -3.16. The Morgan fingerprint density at radius 1 is 0.821 bits per heavy atom. The van der Waals surface area contributed by atoms with Crippen LogP contribution in [0.5, 0.6) is 0 Å². The maximum Gasteiger partial charge on any atom is 0.333 e. The number of esters is 3. The summed E-state index contributed by atoms with van der Waals surface area (Å²) < 4.78 is 42.3. The van der Waals surface area contributed by atoms with E-state index in [2.05, 4.69) is 13.2 Å². The van der Waals surface area contributed by atoms with Gasteiger partial charge in [-0.25, -0.2) is 9.59 Å².